The van der Waals surface area contributed by atoms with Gasteiger partial charge < -0.3 is 5.73 Å². The second kappa shape index (κ2) is 6.30. The monoisotopic (exact) mass is 285 g/mol. The van der Waals surface area contributed by atoms with Gasteiger partial charge in [0.05, 0.1) is 0 Å². The predicted octanol–water partition coefficient (Wildman–Crippen LogP) is 5.07. The Bertz CT molecular complexity index is 634. The van der Waals surface area contributed by atoms with Crippen LogP contribution in [-0.4, -0.2) is 0 Å². The molecule has 2 aromatic rings. The number of rotatable bonds is 4. The molecule has 0 bridgehead atoms. The third kappa shape index (κ3) is 2.94. The van der Waals surface area contributed by atoms with Crippen molar-refractivity contribution in [2.45, 2.75) is 47.0 Å². The molecule has 112 valence electrons. The van der Waals surface area contributed by atoms with Gasteiger partial charge in [0, 0.05) is 11.3 Å². The molecule has 0 atom stereocenters. The molecule has 2 rings (SSSR count). The maximum absolute atomic E-state index is 14.5. The number of benzene rings is 2. The number of anilines is 1. The molecule has 0 heterocycles. The molecule has 0 aliphatic heterocycles. The molecule has 21 heavy (non-hydrogen) atoms. The smallest absolute Gasteiger partial charge is 0.131 e. The fourth-order valence-corrected chi connectivity index (χ4v) is 2.83. The summed E-state index contributed by atoms with van der Waals surface area (Å²) in [7, 11) is 0. The van der Waals surface area contributed by atoms with Crippen molar-refractivity contribution in [3.05, 3.63) is 52.3 Å². The summed E-state index contributed by atoms with van der Waals surface area (Å²) in [4.78, 5) is 0. The summed E-state index contributed by atoms with van der Waals surface area (Å²) in [6, 6.07) is 7.72. The number of nitrogens with two attached hydrogens (primary N) is 1. The summed E-state index contributed by atoms with van der Waals surface area (Å²) < 4.78 is 14.5. The van der Waals surface area contributed by atoms with Crippen molar-refractivity contribution >= 4 is 5.69 Å². The van der Waals surface area contributed by atoms with E-state index in [-0.39, 0.29) is 5.82 Å². The van der Waals surface area contributed by atoms with Crippen LogP contribution in [0.25, 0.3) is 11.1 Å². The molecule has 0 saturated heterocycles. The number of aryl methyl sites for hydroxylation is 4. The predicted molar refractivity (Wildman–Crippen MR) is 89.1 cm³/mol. The van der Waals surface area contributed by atoms with E-state index in [2.05, 4.69) is 32.9 Å². The van der Waals surface area contributed by atoms with Crippen LogP contribution >= 0.6 is 0 Å². The Morgan fingerprint density at radius 3 is 1.95 bits per heavy atom. The second-order valence-electron chi connectivity index (χ2n) is 5.54. The fourth-order valence-electron chi connectivity index (χ4n) is 2.83. The third-order valence-corrected chi connectivity index (χ3v) is 4.16. The van der Waals surface area contributed by atoms with Crippen LogP contribution in [0.4, 0.5) is 10.1 Å². The molecule has 1 nitrogen and oxygen atoms in total. The zero-order valence-corrected chi connectivity index (χ0v) is 13.4. The Balaban J connectivity index is 2.76. The summed E-state index contributed by atoms with van der Waals surface area (Å²) in [6.07, 6.45) is 2.78. The Hall–Kier alpha value is -1.83. The van der Waals surface area contributed by atoms with Crippen molar-refractivity contribution in [1.29, 1.82) is 0 Å². The van der Waals surface area contributed by atoms with Crippen LogP contribution in [0.15, 0.2) is 24.3 Å². The zero-order chi connectivity index (χ0) is 15.6. The highest BCUT2D eigenvalue weighted by molar-refractivity contribution is 5.75. The van der Waals surface area contributed by atoms with E-state index in [1.165, 1.54) is 22.8 Å². The van der Waals surface area contributed by atoms with E-state index in [1.54, 1.807) is 6.07 Å². The highest BCUT2D eigenvalue weighted by Gasteiger charge is 2.15. The highest BCUT2D eigenvalue weighted by Crippen LogP contribution is 2.34. The summed E-state index contributed by atoms with van der Waals surface area (Å²) >= 11 is 0. The molecule has 0 saturated carbocycles. The third-order valence-electron chi connectivity index (χ3n) is 4.16. The minimum Gasteiger partial charge on any atom is -0.398 e. The lowest BCUT2D eigenvalue weighted by Crippen LogP contribution is -2.01. The van der Waals surface area contributed by atoms with Crippen molar-refractivity contribution in [3.63, 3.8) is 0 Å². The van der Waals surface area contributed by atoms with Crippen LogP contribution in [0.5, 0.6) is 0 Å². The average Bonchev–Trinajstić information content (AvgIpc) is 2.49. The summed E-state index contributed by atoms with van der Waals surface area (Å²) in [5.41, 5.74) is 12.8. The molecular weight excluding hydrogens is 261 g/mol. The Morgan fingerprint density at radius 2 is 1.48 bits per heavy atom. The van der Waals surface area contributed by atoms with Gasteiger partial charge in [0.2, 0.25) is 0 Å². The number of hydrogen-bond donors (Lipinski definition) is 1. The maximum Gasteiger partial charge on any atom is 0.131 e. The van der Waals surface area contributed by atoms with Crippen molar-refractivity contribution in [1.82, 2.24) is 0 Å². The minimum atomic E-state index is -0.185. The number of nitrogen functional groups attached to an aromatic ring is 1. The second-order valence-corrected chi connectivity index (χ2v) is 5.54. The van der Waals surface area contributed by atoms with Crippen LogP contribution in [0, 0.1) is 12.7 Å². The van der Waals surface area contributed by atoms with Crippen molar-refractivity contribution in [2.75, 3.05) is 5.73 Å². The lowest BCUT2D eigenvalue weighted by molar-refractivity contribution is 0.630. The largest absolute Gasteiger partial charge is 0.398 e. The molecule has 2 aromatic carbocycles. The lowest BCUT2D eigenvalue weighted by Gasteiger charge is -2.17. The number of hydrogen-bond acceptors (Lipinski definition) is 1. The van der Waals surface area contributed by atoms with Crippen molar-refractivity contribution in [3.8, 4) is 11.1 Å². The first-order chi connectivity index (χ1) is 10.0. The quantitative estimate of drug-likeness (QED) is 0.780. The first kappa shape index (κ1) is 15.6. The van der Waals surface area contributed by atoms with E-state index >= 15 is 0 Å². The lowest BCUT2D eigenvalue weighted by atomic mass is 9.88. The normalized spacial score (nSPS) is 10.9. The standard InChI is InChI=1S/C19H24FN/c1-5-13-9-14(6-2)19(15(7-3)10-13)16-11-18(21)12(4)8-17(16)20/h8-11H,5-7,21H2,1-4H3. The SMILES string of the molecule is CCc1cc(CC)c(-c2cc(N)c(C)cc2F)c(CC)c1. The molecule has 0 aliphatic carbocycles. The van der Waals surface area contributed by atoms with E-state index in [0.29, 0.717) is 11.3 Å². The maximum atomic E-state index is 14.5. The first-order valence-corrected chi connectivity index (χ1v) is 7.72. The van der Waals surface area contributed by atoms with Gasteiger partial charge in [-0.2, -0.15) is 0 Å². The van der Waals surface area contributed by atoms with Crippen LogP contribution in [0.3, 0.4) is 0 Å². The molecule has 0 aromatic heterocycles. The molecule has 2 N–H and O–H groups in total. The first-order valence-electron chi connectivity index (χ1n) is 7.72. The molecule has 0 aliphatic rings. The van der Waals surface area contributed by atoms with E-state index in [1.807, 2.05) is 6.92 Å². The van der Waals surface area contributed by atoms with Gasteiger partial charge in [0.15, 0.2) is 0 Å². The van der Waals surface area contributed by atoms with Gasteiger partial charge in [-0.3, -0.25) is 0 Å². The van der Waals surface area contributed by atoms with E-state index in [0.717, 1.165) is 30.4 Å². The number of halogens is 1. The molecular formula is C19H24FN. The van der Waals surface area contributed by atoms with Gasteiger partial charge in [-0.25, -0.2) is 4.39 Å². The van der Waals surface area contributed by atoms with Gasteiger partial charge in [-0.05, 0) is 66.1 Å². The van der Waals surface area contributed by atoms with Crippen LogP contribution in [0.2, 0.25) is 0 Å². The average molecular weight is 285 g/mol. The minimum absolute atomic E-state index is 0.185. The van der Waals surface area contributed by atoms with Gasteiger partial charge in [0.1, 0.15) is 5.82 Å². The van der Waals surface area contributed by atoms with Gasteiger partial charge >= 0.3 is 0 Å². The fraction of sp³-hybridized carbons (Fsp3) is 0.368. The molecule has 0 radical (unpaired) electrons. The van der Waals surface area contributed by atoms with E-state index in [4.69, 9.17) is 5.73 Å². The molecule has 0 fully saturated rings. The van der Waals surface area contributed by atoms with Crippen LogP contribution in [-0.2, 0) is 19.3 Å². The van der Waals surface area contributed by atoms with Crippen molar-refractivity contribution < 1.29 is 4.39 Å². The molecule has 0 unspecified atom stereocenters. The Morgan fingerprint density at radius 1 is 0.905 bits per heavy atom. The summed E-state index contributed by atoms with van der Waals surface area (Å²) in [5, 5.41) is 0. The van der Waals surface area contributed by atoms with Gasteiger partial charge in [-0.15, -0.1) is 0 Å². The topological polar surface area (TPSA) is 26.0 Å². The summed E-state index contributed by atoms with van der Waals surface area (Å²) in [5.74, 6) is -0.185. The molecule has 0 spiro atoms. The Kier molecular flexibility index (Phi) is 4.66. The van der Waals surface area contributed by atoms with Gasteiger partial charge in [0.25, 0.3) is 0 Å². The van der Waals surface area contributed by atoms with Gasteiger partial charge in [-0.1, -0.05) is 32.9 Å². The molecule has 2 heteroatoms. The molecule has 0 amide bonds. The zero-order valence-electron chi connectivity index (χ0n) is 13.4. The van der Waals surface area contributed by atoms with Crippen LogP contribution < -0.4 is 5.73 Å². The summed E-state index contributed by atoms with van der Waals surface area (Å²) in [6.45, 7) is 8.22. The highest BCUT2D eigenvalue weighted by atomic mass is 19.1. The van der Waals surface area contributed by atoms with E-state index in [9.17, 15) is 4.39 Å². The van der Waals surface area contributed by atoms with Crippen molar-refractivity contribution in [2.24, 2.45) is 0 Å². The van der Waals surface area contributed by atoms with Crippen LogP contribution in [0.1, 0.15) is 43.0 Å². The van der Waals surface area contributed by atoms with E-state index < -0.39 is 0 Å². The Labute approximate surface area is 127 Å².